The van der Waals surface area contributed by atoms with E-state index in [0.29, 0.717) is 133 Å². The molecular formula is C71H111N7O49S10. The number of carboxylic acid groups (broad SMARTS) is 1. The number of hydrogen-bond acceptors (Lipinski definition) is 48. The Bertz CT molecular complexity index is 5310. The molecular weight excluding hydrogens is 2060 g/mol. The topological polar surface area (TPSA) is 888 Å². The first-order valence-corrected chi connectivity index (χ1v) is 52.0. The number of phenolic OH excluding ortho intramolecular Hbond substituents is 3. The number of carboxylic acids is 1. The fraction of sp³-hybridized carbons (Fsp3) is 0.606. The lowest BCUT2D eigenvalue weighted by Crippen LogP contribution is -2.12. The molecule has 1 fully saturated rings. The van der Waals surface area contributed by atoms with Gasteiger partial charge in [-0.3, -0.25) is 22.6 Å². The van der Waals surface area contributed by atoms with Crippen molar-refractivity contribution in [3.8, 4) is 69.0 Å². The zero-order chi connectivity index (χ0) is 107. The number of carbonyl (C=O) groups excluding carboxylic acids is 3. The summed E-state index contributed by atoms with van der Waals surface area (Å²) in [7, 11) is -33.9. The standard InChI is InChI=1S/C20H31N3O7S.C19H30O8S.C16H24O8S.C10H12O5.C3H8N4.C3H6O3S.6O3S/c1-3-10-28-18-14-16(17(24)8-5-6-9-22-23-21)15-19(20(18)30-11-4-2)29-12-7-13-31(25,26)27;1-4-8-24-16-13-15(19(20)27-10-6-3)14-17(18(16)26-9-5-2)25-11-7-12-28(21,22)23;1-3-6-22-13-10-12(16(17)18)11-14(15(13)24-7-4-2)23-8-5-9-25(19,20)21;1-2-3-15-10(14)6-4-7(11)9(13)8(12)5-6;4-2-1-3-6-7-5;4-7(5)3-1-2-6-7;6*1-4(2)3/h14-15H,3-13H2,1-2H3,(H,25,26,27);13-14H,4-12H2,1-3H3,(H,21,22,23);10-11H,3-9H2,1-2H3,(H,17,18)(H,19,20,21);4-5,11-13H,2-3H2,1H3;1-4H2;1-3H2;;;;;;. The Morgan fingerprint density at radius 3 is 0.883 bits per heavy atom. The third kappa shape index (κ3) is 89.5. The second kappa shape index (κ2) is 85.0. The third-order valence-corrected chi connectivity index (χ3v) is 17.2. The van der Waals surface area contributed by atoms with Crippen molar-refractivity contribution in [2.45, 2.75) is 158 Å². The van der Waals surface area contributed by atoms with Gasteiger partial charge < -0.3 is 78.3 Å². The lowest BCUT2D eigenvalue weighted by atomic mass is 10.0. The van der Waals surface area contributed by atoms with Gasteiger partial charge in [-0.25, -0.2) is 14.4 Å². The number of rotatable bonds is 49. The summed E-state index contributed by atoms with van der Waals surface area (Å²) >= 11 is 0. The second-order valence-corrected chi connectivity index (χ2v) is 33.9. The summed E-state index contributed by atoms with van der Waals surface area (Å²) in [4.78, 5) is 52.8. The molecule has 0 bridgehead atoms. The number of aromatic carboxylic acids is 1. The summed E-state index contributed by atoms with van der Waals surface area (Å²) < 4.78 is 329. The van der Waals surface area contributed by atoms with Crippen LogP contribution in [-0.2, 0) is 118 Å². The van der Waals surface area contributed by atoms with Gasteiger partial charge in [-0.2, -0.15) is 33.7 Å². The van der Waals surface area contributed by atoms with Crippen LogP contribution in [0, 0.1) is 0 Å². The highest BCUT2D eigenvalue weighted by Gasteiger charge is 2.24. The summed E-state index contributed by atoms with van der Waals surface area (Å²) in [5, 5.41) is 43.3. The number of Topliss-reactive ketones (excluding diaryl/α,β-unsaturated/α-hetero) is 1. The van der Waals surface area contributed by atoms with Gasteiger partial charge in [0.15, 0.2) is 57.5 Å². The van der Waals surface area contributed by atoms with E-state index in [0.717, 1.165) is 57.1 Å². The number of nitrogens with zero attached hydrogens (tertiary/aromatic N) is 6. The number of nitrogens with two attached hydrogens (primary N) is 1. The number of esters is 2. The molecule has 0 amide bonds. The molecule has 0 unspecified atom stereocenters. The number of unbranched alkanes of at least 4 members (excludes halogenated alkanes) is 1. The summed E-state index contributed by atoms with van der Waals surface area (Å²) in [5.41, 5.74) is 21.7. The minimum atomic E-state index is -4.08. The fourth-order valence-corrected chi connectivity index (χ4v) is 10.8. The van der Waals surface area contributed by atoms with Crippen LogP contribution in [0.15, 0.2) is 58.8 Å². The first-order chi connectivity index (χ1) is 64.0. The molecule has 5 rings (SSSR count). The van der Waals surface area contributed by atoms with Gasteiger partial charge >= 0.3 is 81.6 Å². The molecule has 0 spiro atoms. The van der Waals surface area contributed by atoms with Crippen LogP contribution in [0.1, 0.15) is 200 Å². The van der Waals surface area contributed by atoms with Crippen molar-refractivity contribution in [1.82, 2.24) is 0 Å². The number of hydrogen-bond donors (Lipinski definition) is 8. The van der Waals surface area contributed by atoms with Gasteiger partial charge in [0.1, 0.15) is 0 Å². The summed E-state index contributed by atoms with van der Waals surface area (Å²) in [6.07, 6.45) is 8.97. The molecule has 4 aromatic carbocycles. The van der Waals surface area contributed by atoms with E-state index in [4.69, 9.17) is 174 Å². The highest BCUT2D eigenvalue weighted by molar-refractivity contribution is 7.87. The predicted molar refractivity (Wildman–Crippen MR) is 476 cm³/mol. The van der Waals surface area contributed by atoms with Crippen molar-refractivity contribution in [3.63, 3.8) is 0 Å². The minimum Gasteiger partial charge on any atom is -0.504 e. The Kier molecular flexibility index (Phi) is 85.9. The van der Waals surface area contributed by atoms with Crippen molar-refractivity contribution in [1.29, 1.82) is 0 Å². The van der Waals surface area contributed by atoms with Crippen molar-refractivity contribution in [3.05, 3.63) is 91.7 Å². The van der Waals surface area contributed by atoms with Gasteiger partial charge in [0.2, 0.25) is 17.2 Å². The van der Waals surface area contributed by atoms with Gasteiger partial charge in [-0.1, -0.05) is 65.6 Å². The lowest BCUT2D eigenvalue weighted by molar-refractivity contribution is 0.0495. The van der Waals surface area contributed by atoms with E-state index < -0.39 is 157 Å². The average Bonchev–Trinajstić information content (AvgIpc) is 1.33. The molecule has 137 heavy (non-hydrogen) atoms. The molecule has 784 valence electrons. The van der Waals surface area contributed by atoms with Gasteiger partial charge in [0.05, 0.1) is 119 Å². The third-order valence-electron chi connectivity index (χ3n) is 13.5. The number of benzene rings is 4. The van der Waals surface area contributed by atoms with Crippen molar-refractivity contribution >= 4 is 128 Å². The van der Waals surface area contributed by atoms with E-state index in [1.54, 1.807) is 18.2 Å². The summed E-state index contributed by atoms with van der Waals surface area (Å²) in [5.74, 6) is -2.55. The van der Waals surface area contributed by atoms with Gasteiger partial charge in [0.25, 0.3) is 40.5 Å². The Balaban J connectivity index is -0.000000294. The summed E-state index contributed by atoms with van der Waals surface area (Å²) in [6, 6.07) is 11.0. The van der Waals surface area contributed by atoms with Crippen LogP contribution in [0.5, 0.6) is 69.0 Å². The van der Waals surface area contributed by atoms with Crippen LogP contribution in [0.4, 0.5) is 0 Å². The maximum atomic E-state index is 12.7. The number of azide groups is 2. The van der Waals surface area contributed by atoms with Crippen LogP contribution in [0.25, 0.3) is 20.9 Å². The molecule has 1 aliphatic heterocycles. The average molecular weight is 2170 g/mol. The first-order valence-electron chi connectivity index (χ1n) is 39.6. The Morgan fingerprint density at radius 1 is 0.394 bits per heavy atom. The van der Waals surface area contributed by atoms with Gasteiger partial charge in [0, 0.05) is 34.9 Å². The number of ketones is 1. The molecule has 0 aliphatic carbocycles. The molecule has 0 saturated carbocycles. The van der Waals surface area contributed by atoms with Crippen LogP contribution >= 0.6 is 0 Å². The number of ether oxygens (including phenoxy) is 11. The van der Waals surface area contributed by atoms with Crippen molar-refractivity contribution < 1.29 is 219 Å². The molecule has 4 aromatic rings. The maximum Gasteiger partial charge on any atom is 0.425 e. The summed E-state index contributed by atoms with van der Waals surface area (Å²) in [6.45, 7) is 20.2. The van der Waals surface area contributed by atoms with E-state index >= 15 is 0 Å². The molecule has 0 atom stereocenters. The Morgan fingerprint density at radius 2 is 0.650 bits per heavy atom. The highest BCUT2D eigenvalue weighted by atomic mass is 32.2. The van der Waals surface area contributed by atoms with Crippen molar-refractivity contribution in [2.24, 2.45) is 16.0 Å². The van der Waals surface area contributed by atoms with E-state index in [1.807, 2.05) is 55.4 Å². The number of phenols is 3. The molecule has 0 aromatic heterocycles. The van der Waals surface area contributed by atoms with E-state index in [-0.39, 0.29) is 109 Å². The predicted octanol–water partition coefficient (Wildman–Crippen LogP) is 6.42. The van der Waals surface area contributed by atoms with E-state index in [2.05, 4.69) is 24.2 Å². The van der Waals surface area contributed by atoms with E-state index in [1.165, 1.54) is 18.2 Å². The largest absolute Gasteiger partial charge is 0.504 e. The van der Waals surface area contributed by atoms with Crippen LogP contribution < -0.4 is 48.4 Å². The normalized spacial score (nSPS) is 10.7. The van der Waals surface area contributed by atoms with Crippen LogP contribution in [-0.4, -0.2) is 289 Å². The van der Waals surface area contributed by atoms with Gasteiger partial charge in [-0.05, 0) is 162 Å². The maximum absolute atomic E-state index is 12.7. The quantitative estimate of drug-likeness (QED) is 0.00272. The zero-order valence-corrected chi connectivity index (χ0v) is 83.2. The smallest absolute Gasteiger partial charge is 0.425 e. The fourth-order valence-electron chi connectivity index (χ4n) is 8.34. The minimum absolute atomic E-state index is 0.00347. The van der Waals surface area contributed by atoms with Crippen molar-refractivity contribution in [2.75, 3.05) is 122 Å². The molecule has 66 heteroatoms. The monoisotopic (exact) mass is 2170 g/mol. The zero-order valence-electron chi connectivity index (χ0n) is 75.0. The molecule has 1 saturated heterocycles. The highest BCUT2D eigenvalue weighted by Crippen LogP contribution is 2.43. The van der Waals surface area contributed by atoms with E-state index in [9.17, 15) is 58.0 Å². The van der Waals surface area contributed by atoms with Crippen LogP contribution in [0.2, 0.25) is 0 Å². The number of carbonyl (C=O) groups is 4. The Hall–Kier alpha value is -11.5. The molecule has 56 nitrogen and oxygen atoms in total. The van der Waals surface area contributed by atoms with Crippen LogP contribution in [0.3, 0.4) is 0 Å². The second-order valence-electron chi connectivity index (χ2n) is 25.0. The molecule has 1 heterocycles. The molecule has 9 N–H and O–H groups in total. The lowest BCUT2D eigenvalue weighted by Gasteiger charge is -2.18. The number of aromatic hydroxyl groups is 3. The molecule has 0 radical (unpaired) electrons. The van der Waals surface area contributed by atoms with Gasteiger partial charge in [-0.15, -0.1) is 75.8 Å². The molecule has 1 aliphatic rings. The first kappa shape index (κ1) is 139. The Labute approximate surface area is 798 Å². The SMILES string of the molecule is CCCOC(=O)c1cc(O)c(O)c(O)c1.CCCOC(=O)c1cc(OCCC)c(OCCC)c(OCCCS(=O)(=O)O)c1.CCCOc1cc(C(=O)CCCCN=[N+]=[N-])cc(OCCCS(=O)(=O)O)c1OCCC.CCCOc1cc(C(=O)O)cc(OCCCS(=O)(=O)O)c1OCCC.O=S(=O)=O.O=S(=O)=O.O=S(=O)=O.O=S(=O)=O.O=S(=O)=O.O=S(=O)=O.O=S1(=O)CCCO1.[N-]=[N+]=NCCCN.